The molecule has 24 heavy (non-hydrogen) atoms. The van der Waals surface area contributed by atoms with E-state index in [1.165, 1.54) is 17.0 Å². The second-order valence-electron chi connectivity index (χ2n) is 5.98. The molecule has 0 bridgehead atoms. The molecule has 0 spiro atoms. The molecule has 1 amide bonds. The molecular weight excluding hydrogens is 304 g/mol. The number of aryl methyl sites for hydroxylation is 2. The summed E-state index contributed by atoms with van der Waals surface area (Å²) in [5.41, 5.74) is 3.75. The van der Waals surface area contributed by atoms with Crippen molar-refractivity contribution < 1.29 is 14.6 Å². The number of phenols is 1. The molecule has 122 valence electrons. The van der Waals surface area contributed by atoms with Crippen LogP contribution < -0.4 is 9.64 Å². The van der Waals surface area contributed by atoms with E-state index in [0.717, 1.165) is 16.7 Å². The Bertz CT molecular complexity index is 839. The molecule has 1 aliphatic heterocycles. The Balaban J connectivity index is 1.96. The van der Waals surface area contributed by atoms with Crippen LogP contribution in [0.5, 0.6) is 11.5 Å². The molecule has 0 saturated carbocycles. The van der Waals surface area contributed by atoms with E-state index in [1.807, 2.05) is 38.1 Å². The first kappa shape index (κ1) is 15.9. The van der Waals surface area contributed by atoms with Crippen LogP contribution in [0.1, 0.15) is 16.7 Å². The lowest BCUT2D eigenvalue weighted by Crippen LogP contribution is -2.47. The minimum absolute atomic E-state index is 0.0523. The molecule has 1 heterocycles. The molecule has 0 fully saturated rings. The smallest absolute Gasteiger partial charge is 0.269 e. The highest BCUT2D eigenvalue weighted by atomic mass is 16.5. The van der Waals surface area contributed by atoms with E-state index in [2.05, 4.69) is 0 Å². The SMILES string of the molecule is Cc1ccc(C)c(CC2Oc3cc(O)ccc3N(CC#N)C2=O)c1. The third-order valence-corrected chi connectivity index (χ3v) is 4.18. The average Bonchev–Trinajstić information content (AvgIpc) is 2.54. The van der Waals surface area contributed by atoms with Crippen molar-refractivity contribution in [3.63, 3.8) is 0 Å². The molecule has 1 atom stereocenters. The molecule has 2 aromatic carbocycles. The van der Waals surface area contributed by atoms with Crippen molar-refractivity contribution in [1.82, 2.24) is 0 Å². The Morgan fingerprint density at radius 3 is 2.79 bits per heavy atom. The lowest BCUT2D eigenvalue weighted by molar-refractivity contribution is -0.126. The number of benzene rings is 2. The van der Waals surface area contributed by atoms with Gasteiger partial charge in [0.15, 0.2) is 6.10 Å². The number of carbonyl (C=O) groups excluding carboxylic acids is 1. The second kappa shape index (κ2) is 6.25. The summed E-state index contributed by atoms with van der Waals surface area (Å²) in [4.78, 5) is 14.2. The largest absolute Gasteiger partial charge is 0.508 e. The van der Waals surface area contributed by atoms with Crippen molar-refractivity contribution in [3.8, 4) is 17.6 Å². The lowest BCUT2D eigenvalue weighted by atomic mass is 9.98. The highest BCUT2D eigenvalue weighted by molar-refractivity contribution is 6.00. The number of hydrogen-bond donors (Lipinski definition) is 1. The van der Waals surface area contributed by atoms with E-state index in [9.17, 15) is 9.90 Å². The number of carbonyl (C=O) groups is 1. The van der Waals surface area contributed by atoms with Gasteiger partial charge in [0.2, 0.25) is 0 Å². The van der Waals surface area contributed by atoms with Crippen LogP contribution in [0.25, 0.3) is 0 Å². The summed E-state index contributed by atoms with van der Waals surface area (Å²) >= 11 is 0. The number of fused-ring (bicyclic) bond motifs is 1. The topological polar surface area (TPSA) is 73.6 Å². The van der Waals surface area contributed by atoms with E-state index < -0.39 is 6.10 Å². The molecule has 5 nitrogen and oxygen atoms in total. The first-order valence-corrected chi connectivity index (χ1v) is 7.73. The summed E-state index contributed by atoms with van der Waals surface area (Å²) in [7, 11) is 0. The minimum Gasteiger partial charge on any atom is -0.508 e. The average molecular weight is 322 g/mol. The van der Waals surface area contributed by atoms with E-state index >= 15 is 0 Å². The summed E-state index contributed by atoms with van der Waals surface area (Å²) in [6.07, 6.45) is -0.295. The number of nitriles is 1. The second-order valence-corrected chi connectivity index (χ2v) is 5.98. The maximum absolute atomic E-state index is 12.8. The Hall–Kier alpha value is -3.00. The van der Waals surface area contributed by atoms with Gasteiger partial charge in [0.25, 0.3) is 5.91 Å². The van der Waals surface area contributed by atoms with Gasteiger partial charge in [-0.05, 0) is 37.1 Å². The van der Waals surface area contributed by atoms with Gasteiger partial charge in [0, 0.05) is 12.5 Å². The normalized spacial score (nSPS) is 16.3. The van der Waals surface area contributed by atoms with Crippen LogP contribution in [0.3, 0.4) is 0 Å². The number of hydrogen-bond acceptors (Lipinski definition) is 4. The number of anilines is 1. The van der Waals surface area contributed by atoms with Gasteiger partial charge in [-0.25, -0.2) is 0 Å². The quantitative estimate of drug-likeness (QED) is 0.882. The summed E-state index contributed by atoms with van der Waals surface area (Å²) in [6, 6.07) is 12.6. The highest BCUT2D eigenvalue weighted by Crippen LogP contribution is 2.37. The number of rotatable bonds is 3. The Morgan fingerprint density at radius 1 is 1.25 bits per heavy atom. The maximum Gasteiger partial charge on any atom is 0.269 e. The van der Waals surface area contributed by atoms with Gasteiger partial charge in [0.05, 0.1) is 11.8 Å². The molecule has 0 saturated heterocycles. The fourth-order valence-electron chi connectivity index (χ4n) is 2.90. The van der Waals surface area contributed by atoms with Crippen LogP contribution in [-0.4, -0.2) is 23.7 Å². The summed E-state index contributed by atoms with van der Waals surface area (Å²) in [5.74, 6) is 0.237. The van der Waals surface area contributed by atoms with Gasteiger partial charge in [-0.1, -0.05) is 23.8 Å². The standard InChI is InChI=1S/C19H18N2O3/c1-12-3-4-13(2)14(9-12)10-18-19(23)21(8-7-20)16-6-5-15(22)11-17(16)24-18/h3-6,9,11,18,22H,8,10H2,1-2H3. The van der Waals surface area contributed by atoms with Gasteiger partial charge >= 0.3 is 0 Å². The Labute approximate surface area is 140 Å². The Kier molecular flexibility index (Phi) is 4.13. The van der Waals surface area contributed by atoms with Crippen LogP contribution in [-0.2, 0) is 11.2 Å². The predicted molar refractivity (Wildman–Crippen MR) is 90.1 cm³/mol. The van der Waals surface area contributed by atoms with E-state index in [0.29, 0.717) is 17.9 Å². The molecule has 0 radical (unpaired) electrons. The predicted octanol–water partition coefficient (Wildman–Crippen LogP) is 2.87. The van der Waals surface area contributed by atoms with Gasteiger partial charge in [-0.15, -0.1) is 0 Å². The number of amides is 1. The highest BCUT2D eigenvalue weighted by Gasteiger charge is 2.34. The summed E-state index contributed by atoms with van der Waals surface area (Å²) < 4.78 is 5.84. The fourth-order valence-corrected chi connectivity index (χ4v) is 2.90. The van der Waals surface area contributed by atoms with Gasteiger partial charge in [0.1, 0.15) is 18.0 Å². The van der Waals surface area contributed by atoms with Gasteiger partial charge < -0.3 is 9.84 Å². The molecule has 1 aliphatic rings. The molecule has 1 N–H and O–H groups in total. The van der Waals surface area contributed by atoms with Crippen LogP contribution in [0, 0.1) is 25.2 Å². The molecular formula is C19H18N2O3. The van der Waals surface area contributed by atoms with E-state index in [-0.39, 0.29) is 18.2 Å². The molecule has 2 aromatic rings. The van der Waals surface area contributed by atoms with Crippen LogP contribution >= 0.6 is 0 Å². The molecule has 0 aliphatic carbocycles. The van der Waals surface area contributed by atoms with Crippen molar-refractivity contribution in [2.24, 2.45) is 0 Å². The number of phenolic OH excluding ortho intramolecular Hbond substituents is 1. The molecule has 3 rings (SSSR count). The fraction of sp³-hybridized carbons (Fsp3) is 0.263. The monoisotopic (exact) mass is 322 g/mol. The van der Waals surface area contributed by atoms with Crippen LogP contribution in [0.4, 0.5) is 5.69 Å². The van der Waals surface area contributed by atoms with E-state index in [1.54, 1.807) is 6.07 Å². The third kappa shape index (κ3) is 2.91. The van der Waals surface area contributed by atoms with Gasteiger partial charge in [-0.2, -0.15) is 5.26 Å². The lowest BCUT2D eigenvalue weighted by Gasteiger charge is -2.33. The zero-order valence-electron chi connectivity index (χ0n) is 13.6. The molecule has 5 heteroatoms. The van der Waals surface area contributed by atoms with Crippen LogP contribution in [0.15, 0.2) is 36.4 Å². The summed E-state index contributed by atoms with van der Waals surface area (Å²) in [6.45, 7) is 3.94. The molecule has 1 unspecified atom stereocenters. The first-order valence-electron chi connectivity index (χ1n) is 7.73. The maximum atomic E-state index is 12.8. The van der Waals surface area contributed by atoms with Crippen molar-refractivity contribution in [2.45, 2.75) is 26.4 Å². The van der Waals surface area contributed by atoms with Crippen molar-refractivity contribution >= 4 is 11.6 Å². The van der Waals surface area contributed by atoms with Crippen molar-refractivity contribution in [3.05, 3.63) is 53.1 Å². The number of ether oxygens (including phenoxy) is 1. The van der Waals surface area contributed by atoms with Crippen molar-refractivity contribution in [2.75, 3.05) is 11.4 Å². The number of aromatic hydroxyl groups is 1. The zero-order chi connectivity index (χ0) is 17.3. The summed E-state index contributed by atoms with van der Waals surface area (Å²) in [5, 5.41) is 18.7. The van der Waals surface area contributed by atoms with E-state index in [4.69, 9.17) is 10.00 Å². The van der Waals surface area contributed by atoms with Crippen LogP contribution in [0.2, 0.25) is 0 Å². The minimum atomic E-state index is -0.715. The first-order chi connectivity index (χ1) is 11.5. The third-order valence-electron chi connectivity index (χ3n) is 4.18. The zero-order valence-corrected chi connectivity index (χ0v) is 13.6. The Morgan fingerprint density at radius 2 is 2.04 bits per heavy atom. The van der Waals surface area contributed by atoms with Crippen molar-refractivity contribution in [1.29, 1.82) is 5.26 Å². The number of nitrogens with zero attached hydrogens (tertiary/aromatic N) is 2. The molecule has 0 aromatic heterocycles. The van der Waals surface area contributed by atoms with Gasteiger partial charge in [-0.3, -0.25) is 9.69 Å².